The van der Waals surface area contributed by atoms with Crippen LogP contribution < -0.4 is 19.5 Å². The van der Waals surface area contributed by atoms with Crippen molar-refractivity contribution < 1.29 is 23.7 Å². The lowest BCUT2D eigenvalue weighted by atomic mass is 10.1. The Labute approximate surface area is 146 Å². The van der Waals surface area contributed by atoms with Crippen LogP contribution in [0.15, 0.2) is 34.8 Å². The maximum absolute atomic E-state index is 12.4. The zero-order chi connectivity index (χ0) is 16.5. The number of ether oxygens (including phenoxy) is 4. The van der Waals surface area contributed by atoms with E-state index in [1.54, 1.807) is 18.2 Å². The first-order valence-electron chi connectivity index (χ1n) is 7.40. The zero-order valence-corrected chi connectivity index (χ0v) is 14.2. The molecule has 0 spiro atoms. The second-order valence-electron chi connectivity index (χ2n) is 5.41. The third-order valence-corrected chi connectivity index (χ3v) is 4.28. The van der Waals surface area contributed by atoms with Gasteiger partial charge in [-0.2, -0.15) is 0 Å². The Balaban J connectivity index is 1.51. The second kappa shape index (κ2) is 6.33. The van der Waals surface area contributed by atoms with Gasteiger partial charge in [-0.05, 0) is 30.3 Å². The lowest BCUT2D eigenvalue weighted by Gasteiger charge is -2.21. The molecule has 0 aromatic heterocycles. The molecule has 24 heavy (non-hydrogen) atoms. The van der Waals surface area contributed by atoms with Crippen molar-refractivity contribution in [3.63, 3.8) is 0 Å². The van der Waals surface area contributed by atoms with Crippen LogP contribution >= 0.6 is 15.9 Å². The van der Waals surface area contributed by atoms with Gasteiger partial charge in [0.2, 0.25) is 6.79 Å². The van der Waals surface area contributed by atoms with Gasteiger partial charge in [0, 0.05) is 27.7 Å². The molecule has 124 valence electrons. The fourth-order valence-corrected chi connectivity index (χ4v) is 3.26. The summed E-state index contributed by atoms with van der Waals surface area (Å²) in [5, 5.41) is 2.91. The average molecular weight is 392 g/mol. The molecular weight excluding hydrogens is 378 g/mol. The molecule has 2 aliphatic heterocycles. The quantitative estimate of drug-likeness (QED) is 0.870. The minimum absolute atomic E-state index is 0.185. The molecule has 1 amide bonds. The molecule has 1 N–H and O–H groups in total. The van der Waals surface area contributed by atoms with Gasteiger partial charge in [0.15, 0.2) is 18.3 Å². The van der Waals surface area contributed by atoms with E-state index in [1.807, 2.05) is 12.1 Å². The molecule has 0 bridgehead atoms. The highest BCUT2D eigenvalue weighted by Crippen LogP contribution is 2.33. The maximum atomic E-state index is 12.4. The first-order chi connectivity index (χ1) is 11.7. The standard InChI is InChI=1S/C17H14BrNO5/c18-13-3-11(16-12(4-13)7-21-8-24-16)6-19-17(20)10-1-2-14-15(5-10)23-9-22-14/h1-5H,6-9H2,(H,19,20). The summed E-state index contributed by atoms with van der Waals surface area (Å²) in [5.74, 6) is 1.83. The van der Waals surface area contributed by atoms with E-state index in [4.69, 9.17) is 18.9 Å². The van der Waals surface area contributed by atoms with Crippen LogP contribution in [-0.2, 0) is 17.9 Å². The van der Waals surface area contributed by atoms with Crippen LogP contribution in [0.4, 0.5) is 0 Å². The number of nitrogens with one attached hydrogen (secondary N) is 1. The molecule has 0 unspecified atom stereocenters. The van der Waals surface area contributed by atoms with Crippen molar-refractivity contribution in [3.05, 3.63) is 51.5 Å². The van der Waals surface area contributed by atoms with Gasteiger partial charge in [-0.3, -0.25) is 4.79 Å². The molecule has 0 fully saturated rings. The third-order valence-electron chi connectivity index (χ3n) is 3.83. The third kappa shape index (κ3) is 2.92. The summed E-state index contributed by atoms with van der Waals surface area (Å²) in [7, 11) is 0. The van der Waals surface area contributed by atoms with E-state index >= 15 is 0 Å². The fraction of sp³-hybridized carbons (Fsp3) is 0.235. The number of carbonyl (C=O) groups excluding carboxylic acids is 1. The van der Waals surface area contributed by atoms with Gasteiger partial charge in [0.1, 0.15) is 5.75 Å². The first-order valence-corrected chi connectivity index (χ1v) is 8.20. The molecule has 0 saturated carbocycles. The van der Waals surface area contributed by atoms with Crippen molar-refractivity contribution in [3.8, 4) is 17.2 Å². The Hall–Kier alpha value is -2.25. The van der Waals surface area contributed by atoms with Crippen molar-refractivity contribution in [2.75, 3.05) is 13.6 Å². The van der Waals surface area contributed by atoms with Crippen LogP contribution in [0.5, 0.6) is 17.2 Å². The summed E-state index contributed by atoms with van der Waals surface area (Å²) in [5.41, 5.74) is 2.38. The van der Waals surface area contributed by atoms with Crippen molar-refractivity contribution in [1.29, 1.82) is 0 Å². The molecule has 2 heterocycles. The molecule has 0 atom stereocenters. The second-order valence-corrected chi connectivity index (χ2v) is 6.33. The van der Waals surface area contributed by atoms with Gasteiger partial charge in [-0.15, -0.1) is 0 Å². The summed E-state index contributed by atoms with van der Waals surface area (Å²) in [4.78, 5) is 12.4. The highest BCUT2D eigenvalue weighted by molar-refractivity contribution is 9.10. The summed E-state index contributed by atoms with van der Waals surface area (Å²) >= 11 is 3.47. The summed E-state index contributed by atoms with van der Waals surface area (Å²) < 4.78 is 22.3. The van der Waals surface area contributed by atoms with E-state index in [2.05, 4.69) is 21.2 Å². The largest absolute Gasteiger partial charge is 0.467 e. The van der Waals surface area contributed by atoms with E-state index in [0.29, 0.717) is 30.2 Å². The Kier molecular flexibility index (Phi) is 4.03. The molecule has 2 aromatic rings. The van der Waals surface area contributed by atoms with E-state index < -0.39 is 0 Å². The Morgan fingerprint density at radius 3 is 2.88 bits per heavy atom. The number of amides is 1. The number of halogens is 1. The molecule has 0 saturated heterocycles. The van der Waals surface area contributed by atoms with E-state index in [-0.39, 0.29) is 19.5 Å². The average Bonchev–Trinajstić information content (AvgIpc) is 3.06. The van der Waals surface area contributed by atoms with Crippen molar-refractivity contribution in [1.82, 2.24) is 5.32 Å². The highest BCUT2D eigenvalue weighted by Gasteiger charge is 2.19. The zero-order valence-electron chi connectivity index (χ0n) is 12.6. The van der Waals surface area contributed by atoms with Crippen molar-refractivity contribution in [2.45, 2.75) is 13.2 Å². The molecule has 2 aliphatic rings. The Morgan fingerprint density at radius 1 is 1.08 bits per heavy atom. The minimum atomic E-state index is -0.186. The Bertz CT molecular complexity index is 808. The topological polar surface area (TPSA) is 66.0 Å². The number of fused-ring (bicyclic) bond motifs is 2. The normalized spacial score (nSPS) is 14.7. The molecule has 2 aromatic carbocycles. The molecule has 0 radical (unpaired) electrons. The van der Waals surface area contributed by atoms with Crippen LogP contribution in [0.3, 0.4) is 0 Å². The van der Waals surface area contributed by atoms with Crippen molar-refractivity contribution in [2.24, 2.45) is 0 Å². The predicted molar refractivity (Wildman–Crippen MR) is 88.2 cm³/mol. The predicted octanol–water partition coefficient (Wildman–Crippen LogP) is 2.97. The number of hydrogen-bond donors (Lipinski definition) is 1. The summed E-state index contributed by atoms with van der Waals surface area (Å²) in [6, 6.07) is 9.02. The van der Waals surface area contributed by atoms with Crippen LogP contribution in [0.1, 0.15) is 21.5 Å². The number of hydrogen-bond acceptors (Lipinski definition) is 5. The summed E-state index contributed by atoms with van der Waals surface area (Å²) in [6.45, 7) is 1.26. The highest BCUT2D eigenvalue weighted by atomic mass is 79.9. The maximum Gasteiger partial charge on any atom is 0.251 e. The van der Waals surface area contributed by atoms with Crippen LogP contribution in [-0.4, -0.2) is 19.5 Å². The fourth-order valence-electron chi connectivity index (χ4n) is 2.70. The van der Waals surface area contributed by atoms with Gasteiger partial charge >= 0.3 is 0 Å². The van der Waals surface area contributed by atoms with Gasteiger partial charge < -0.3 is 24.3 Å². The minimum Gasteiger partial charge on any atom is -0.467 e. The van der Waals surface area contributed by atoms with Crippen LogP contribution in [0.2, 0.25) is 0 Å². The molecule has 0 aliphatic carbocycles. The van der Waals surface area contributed by atoms with Gasteiger partial charge in [-0.25, -0.2) is 0 Å². The lowest BCUT2D eigenvalue weighted by molar-refractivity contribution is -0.0171. The molecular formula is C17H14BrNO5. The van der Waals surface area contributed by atoms with E-state index in [1.165, 1.54) is 0 Å². The number of rotatable bonds is 3. The van der Waals surface area contributed by atoms with E-state index in [0.717, 1.165) is 21.3 Å². The molecule has 7 heteroatoms. The summed E-state index contributed by atoms with van der Waals surface area (Å²) in [6.07, 6.45) is 0. The van der Waals surface area contributed by atoms with Gasteiger partial charge in [0.25, 0.3) is 5.91 Å². The van der Waals surface area contributed by atoms with Crippen LogP contribution in [0, 0.1) is 0 Å². The number of benzene rings is 2. The van der Waals surface area contributed by atoms with E-state index in [9.17, 15) is 4.79 Å². The lowest BCUT2D eigenvalue weighted by Crippen LogP contribution is -2.24. The first kappa shape index (κ1) is 15.3. The monoisotopic (exact) mass is 391 g/mol. The molecule has 6 nitrogen and oxygen atoms in total. The van der Waals surface area contributed by atoms with Gasteiger partial charge in [-0.1, -0.05) is 15.9 Å². The SMILES string of the molecule is O=C(NCc1cc(Br)cc2c1OCOC2)c1ccc2c(c1)OCO2. The van der Waals surface area contributed by atoms with Crippen LogP contribution in [0.25, 0.3) is 0 Å². The number of carbonyl (C=O) groups is 1. The van der Waals surface area contributed by atoms with Gasteiger partial charge in [0.05, 0.1) is 6.61 Å². The smallest absolute Gasteiger partial charge is 0.251 e. The molecule has 4 rings (SSSR count). The van der Waals surface area contributed by atoms with Crippen molar-refractivity contribution >= 4 is 21.8 Å². The Morgan fingerprint density at radius 2 is 1.96 bits per heavy atom.